The molecule has 0 aromatic rings. The Bertz CT molecular complexity index is 449. The first-order valence-corrected chi connectivity index (χ1v) is 12.9. The Morgan fingerprint density at radius 3 is 2.36 bits per heavy atom. The highest BCUT2D eigenvalue weighted by Gasteiger charge is 2.40. The van der Waals surface area contributed by atoms with Gasteiger partial charge >= 0.3 is 5.97 Å². The Balaban J connectivity index is 2.85. The Morgan fingerprint density at radius 1 is 1.20 bits per heavy atom. The highest BCUT2D eigenvalue weighted by Crippen LogP contribution is 2.39. The lowest BCUT2D eigenvalue weighted by Crippen LogP contribution is -2.45. The van der Waals surface area contributed by atoms with Crippen molar-refractivity contribution in [3.63, 3.8) is 0 Å². The zero-order valence-electron chi connectivity index (χ0n) is 17.7. The van der Waals surface area contributed by atoms with Crippen molar-refractivity contribution in [3.05, 3.63) is 12.2 Å². The Labute approximate surface area is 156 Å². The molecule has 0 radical (unpaired) electrons. The number of cyclic esters (lactones) is 1. The fraction of sp³-hybridized carbons (Fsp3) is 0.857. The third-order valence-corrected chi connectivity index (χ3v) is 10.3. The molecular formula is C21H40O3Si. The van der Waals surface area contributed by atoms with Gasteiger partial charge in [-0.2, -0.15) is 0 Å². The first-order chi connectivity index (χ1) is 11.4. The molecule has 1 rings (SSSR count). The lowest BCUT2D eigenvalue weighted by Gasteiger charge is -2.41. The van der Waals surface area contributed by atoms with Crippen LogP contribution in [0.15, 0.2) is 12.2 Å². The quantitative estimate of drug-likeness (QED) is 0.343. The van der Waals surface area contributed by atoms with Gasteiger partial charge in [0, 0.05) is 18.9 Å². The molecule has 0 saturated carbocycles. The van der Waals surface area contributed by atoms with Crippen LogP contribution in [0.3, 0.4) is 0 Å². The highest BCUT2D eigenvalue weighted by atomic mass is 28.4. The van der Waals surface area contributed by atoms with Crippen molar-refractivity contribution in [1.29, 1.82) is 0 Å². The van der Waals surface area contributed by atoms with Gasteiger partial charge in [0.05, 0.1) is 0 Å². The summed E-state index contributed by atoms with van der Waals surface area (Å²) in [6.07, 6.45) is 8.76. The van der Waals surface area contributed by atoms with Crippen LogP contribution in [0.4, 0.5) is 0 Å². The molecule has 0 bridgehead atoms. The summed E-state index contributed by atoms with van der Waals surface area (Å²) >= 11 is 0. The van der Waals surface area contributed by atoms with E-state index in [0.717, 1.165) is 25.7 Å². The summed E-state index contributed by atoms with van der Waals surface area (Å²) in [4.78, 5) is 12.2. The SMILES string of the molecule is CC(C)[C@H]1C/C=C\C[C@H](C)[C@@H](O[Si](C)(C)C(C)(C)C)CCCC(=O)O1. The van der Waals surface area contributed by atoms with Crippen LogP contribution in [0, 0.1) is 11.8 Å². The van der Waals surface area contributed by atoms with Crippen molar-refractivity contribution in [2.24, 2.45) is 11.8 Å². The molecule has 3 nitrogen and oxygen atoms in total. The van der Waals surface area contributed by atoms with Crippen LogP contribution in [0.25, 0.3) is 0 Å². The largest absolute Gasteiger partial charge is 0.462 e. The molecule has 25 heavy (non-hydrogen) atoms. The summed E-state index contributed by atoms with van der Waals surface area (Å²) < 4.78 is 12.4. The minimum Gasteiger partial charge on any atom is -0.462 e. The first-order valence-electron chi connectivity index (χ1n) is 9.96. The summed E-state index contributed by atoms with van der Waals surface area (Å²) in [5.74, 6) is 0.758. The maximum absolute atomic E-state index is 12.2. The number of ether oxygens (including phenoxy) is 1. The van der Waals surface area contributed by atoms with Crippen LogP contribution >= 0.6 is 0 Å². The molecule has 1 heterocycles. The molecule has 0 spiro atoms. The van der Waals surface area contributed by atoms with E-state index in [2.05, 4.69) is 66.8 Å². The predicted octanol–water partition coefficient (Wildman–Crippen LogP) is 6.10. The molecule has 0 N–H and O–H groups in total. The van der Waals surface area contributed by atoms with E-state index in [9.17, 15) is 4.79 Å². The van der Waals surface area contributed by atoms with Gasteiger partial charge in [0.1, 0.15) is 6.10 Å². The average Bonchev–Trinajstić information content (AvgIpc) is 2.46. The molecule has 1 aliphatic heterocycles. The van der Waals surface area contributed by atoms with Crippen LogP contribution in [0.1, 0.15) is 73.6 Å². The standard InChI is InChI=1S/C21H40O3Si/c1-16(2)18-13-10-9-12-17(3)19(14-11-15-20(22)23-18)24-25(7,8)21(4,5)6/h9-10,16-19H,11-15H2,1-8H3/b10-9-/t17-,18+,19-/m0/s1. The van der Waals surface area contributed by atoms with Gasteiger partial charge in [0.15, 0.2) is 8.32 Å². The van der Waals surface area contributed by atoms with E-state index in [-0.39, 0.29) is 23.2 Å². The summed E-state index contributed by atoms with van der Waals surface area (Å²) in [6, 6.07) is 0. The van der Waals surface area contributed by atoms with E-state index >= 15 is 0 Å². The molecule has 4 heteroatoms. The van der Waals surface area contributed by atoms with Crippen LogP contribution in [-0.4, -0.2) is 26.5 Å². The number of carbonyl (C=O) groups is 1. The van der Waals surface area contributed by atoms with Crippen molar-refractivity contribution in [2.45, 2.75) is 104 Å². The summed E-state index contributed by atoms with van der Waals surface area (Å²) in [5.41, 5.74) is 0. The van der Waals surface area contributed by atoms with E-state index < -0.39 is 8.32 Å². The van der Waals surface area contributed by atoms with Gasteiger partial charge in [-0.1, -0.05) is 53.7 Å². The Hall–Kier alpha value is -0.613. The molecule has 1 aliphatic rings. The molecule has 0 fully saturated rings. The van der Waals surface area contributed by atoms with Crippen molar-refractivity contribution in [2.75, 3.05) is 0 Å². The van der Waals surface area contributed by atoms with E-state index in [1.54, 1.807) is 0 Å². The normalized spacial score (nSPS) is 28.8. The van der Waals surface area contributed by atoms with Gasteiger partial charge in [-0.15, -0.1) is 0 Å². The van der Waals surface area contributed by atoms with Gasteiger partial charge in [-0.3, -0.25) is 4.79 Å². The smallest absolute Gasteiger partial charge is 0.306 e. The summed E-state index contributed by atoms with van der Waals surface area (Å²) in [5, 5.41) is 0.204. The average molecular weight is 369 g/mol. The van der Waals surface area contributed by atoms with Gasteiger partial charge in [-0.05, 0) is 49.2 Å². The number of hydrogen-bond donors (Lipinski definition) is 0. The molecule has 0 aromatic carbocycles. The van der Waals surface area contributed by atoms with Crippen LogP contribution in [0.2, 0.25) is 18.1 Å². The van der Waals surface area contributed by atoms with Crippen LogP contribution < -0.4 is 0 Å². The summed E-state index contributed by atoms with van der Waals surface area (Å²) in [6.45, 7) is 18.0. The molecule has 0 aliphatic carbocycles. The number of hydrogen-bond acceptors (Lipinski definition) is 3. The van der Waals surface area contributed by atoms with Crippen molar-refractivity contribution < 1.29 is 14.0 Å². The summed E-state index contributed by atoms with van der Waals surface area (Å²) in [7, 11) is -1.81. The Kier molecular flexibility index (Phi) is 8.40. The van der Waals surface area contributed by atoms with Crippen molar-refractivity contribution in [1.82, 2.24) is 0 Å². The van der Waals surface area contributed by atoms with Crippen LogP contribution in [0.5, 0.6) is 0 Å². The molecule has 0 saturated heterocycles. The first kappa shape index (κ1) is 22.4. The maximum atomic E-state index is 12.2. The minimum atomic E-state index is -1.81. The van der Waals surface area contributed by atoms with Gasteiger partial charge in [0.2, 0.25) is 0 Å². The molecule has 0 amide bonds. The molecule has 0 unspecified atom stereocenters. The fourth-order valence-corrected chi connectivity index (χ4v) is 4.30. The lowest BCUT2D eigenvalue weighted by molar-refractivity contribution is -0.151. The second kappa shape index (κ2) is 9.36. The second-order valence-electron chi connectivity index (χ2n) is 9.50. The van der Waals surface area contributed by atoms with Gasteiger partial charge in [0.25, 0.3) is 0 Å². The van der Waals surface area contributed by atoms with Gasteiger partial charge < -0.3 is 9.16 Å². The number of allylic oxidation sites excluding steroid dienone is 1. The van der Waals surface area contributed by atoms with E-state index in [1.807, 2.05) is 0 Å². The van der Waals surface area contributed by atoms with E-state index in [4.69, 9.17) is 9.16 Å². The molecule has 146 valence electrons. The van der Waals surface area contributed by atoms with Crippen LogP contribution in [-0.2, 0) is 14.0 Å². The number of rotatable bonds is 3. The lowest BCUT2D eigenvalue weighted by atomic mass is 9.95. The minimum absolute atomic E-state index is 0.00207. The molecule has 3 atom stereocenters. The Morgan fingerprint density at radius 2 is 1.80 bits per heavy atom. The number of esters is 1. The molecular weight excluding hydrogens is 328 g/mol. The maximum Gasteiger partial charge on any atom is 0.306 e. The predicted molar refractivity (Wildman–Crippen MR) is 108 cm³/mol. The third kappa shape index (κ3) is 7.26. The van der Waals surface area contributed by atoms with Crippen molar-refractivity contribution >= 4 is 14.3 Å². The fourth-order valence-electron chi connectivity index (χ4n) is 2.84. The topological polar surface area (TPSA) is 35.5 Å². The van der Waals surface area contributed by atoms with Gasteiger partial charge in [-0.25, -0.2) is 0 Å². The third-order valence-electron chi connectivity index (χ3n) is 5.83. The highest BCUT2D eigenvalue weighted by molar-refractivity contribution is 6.74. The van der Waals surface area contributed by atoms with E-state index in [0.29, 0.717) is 18.3 Å². The second-order valence-corrected chi connectivity index (χ2v) is 14.3. The number of carbonyl (C=O) groups excluding carboxylic acids is 1. The van der Waals surface area contributed by atoms with Crippen molar-refractivity contribution in [3.8, 4) is 0 Å². The zero-order chi connectivity index (χ0) is 19.3. The molecule has 0 aromatic heterocycles. The monoisotopic (exact) mass is 368 g/mol. The van der Waals surface area contributed by atoms with E-state index in [1.165, 1.54) is 0 Å². The zero-order valence-corrected chi connectivity index (χ0v) is 18.7.